The Labute approximate surface area is 178 Å². The number of hydrogen-bond donors (Lipinski definition) is 4. The van der Waals surface area contributed by atoms with Gasteiger partial charge in [0.05, 0.1) is 12.7 Å². The fraction of sp³-hybridized carbons (Fsp3) is 0.913. The second-order valence-corrected chi connectivity index (χ2v) is 10.1. The average molecular weight is 421 g/mol. The maximum Gasteiger partial charge on any atom is 0.303 e. The summed E-state index contributed by atoms with van der Waals surface area (Å²) in [6.45, 7) is 14.7. The van der Waals surface area contributed by atoms with Crippen molar-refractivity contribution >= 4 is 11.9 Å². The zero-order chi connectivity index (χ0) is 23.5. The summed E-state index contributed by atoms with van der Waals surface area (Å²) in [7, 11) is 0. The smallest absolute Gasteiger partial charge is 0.303 e. The van der Waals surface area contributed by atoms with E-state index in [1.165, 1.54) is 19.8 Å². The SMILES string of the molecule is CC(C)(C)CCCCCC(=O)O.CC(C)(C)CCCCCC(=O)O.CC(O)CO. The molecule has 6 heteroatoms. The molecule has 4 N–H and O–H groups in total. The number of carboxylic acid groups (broad SMARTS) is 2. The van der Waals surface area contributed by atoms with Crippen molar-refractivity contribution in [3.63, 3.8) is 0 Å². The normalized spacial score (nSPS) is 12.2. The van der Waals surface area contributed by atoms with Crippen LogP contribution in [0.1, 0.15) is 113 Å². The van der Waals surface area contributed by atoms with Crippen LogP contribution in [0.2, 0.25) is 0 Å². The van der Waals surface area contributed by atoms with Gasteiger partial charge >= 0.3 is 11.9 Å². The summed E-state index contributed by atoms with van der Waals surface area (Å²) in [5.41, 5.74) is 0.784. The van der Waals surface area contributed by atoms with E-state index in [0.29, 0.717) is 23.7 Å². The molecule has 0 aromatic rings. The lowest BCUT2D eigenvalue weighted by Gasteiger charge is -2.17. The maximum absolute atomic E-state index is 10.2. The van der Waals surface area contributed by atoms with E-state index in [4.69, 9.17) is 20.4 Å². The fourth-order valence-corrected chi connectivity index (χ4v) is 2.22. The lowest BCUT2D eigenvalue weighted by Crippen LogP contribution is -2.04. The zero-order valence-corrected chi connectivity index (χ0v) is 20.0. The van der Waals surface area contributed by atoms with Gasteiger partial charge < -0.3 is 20.4 Å². The summed E-state index contributed by atoms with van der Waals surface area (Å²) in [5.74, 6) is -1.35. The molecule has 0 aromatic heterocycles. The van der Waals surface area contributed by atoms with Gasteiger partial charge in [-0.25, -0.2) is 0 Å². The van der Waals surface area contributed by atoms with E-state index < -0.39 is 18.0 Å². The second-order valence-electron chi connectivity index (χ2n) is 10.1. The van der Waals surface area contributed by atoms with Crippen LogP contribution in [0.25, 0.3) is 0 Å². The summed E-state index contributed by atoms with van der Waals surface area (Å²) in [6, 6.07) is 0. The first-order valence-corrected chi connectivity index (χ1v) is 10.8. The van der Waals surface area contributed by atoms with Crippen LogP contribution in [-0.4, -0.2) is 45.1 Å². The Bertz CT molecular complexity index is 357. The number of unbranched alkanes of at least 4 members (excludes halogenated alkanes) is 4. The molecule has 0 aromatic carbocycles. The molecule has 0 saturated heterocycles. The van der Waals surface area contributed by atoms with E-state index >= 15 is 0 Å². The van der Waals surface area contributed by atoms with Crippen molar-refractivity contribution in [2.75, 3.05) is 6.61 Å². The molecule has 0 heterocycles. The molecular weight excluding hydrogens is 372 g/mol. The highest BCUT2D eigenvalue weighted by molar-refractivity contribution is 5.66. The highest BCUT2D eigenvalue weighted by Gasteiger charge is 2.09. The number of carbonyl (C=O) groups is 2. The van der Waals surface area contributed by atoms with E-state index in [0.717, 1.165) is 38.5 Å². The fourth-order valence-electron chi connectivity index (χ4n) is 2.22. The number of carboxylic acids is 2. The standard InChI is InChI=1S/2C10H20O2.C3H8O2/c2*1-10(2,3)8-6-4-5-7-9(11)12;1-3(5)2-4/h2*4-8H2,1-3H3,(H,11,12);3-5H,2H2,1H3. The van der Waals surface area contributed by atoms with E-state index in [1.54, 1.807) is 0 Å². The minimum atomic E-state index is -0.675. The topological polar surface area (TPSA) is 115 Å². The van der Waals surface area contributed by atoms with Crippen molar-refractivity contribution in [3.05, 3.63) is 0 Å². The third-order valence-electron chi connectivity index (χ3n) is 3.90. The van der Waals surface area contributed by atoms with Gasteiger partial charge in [0.1, 0.15) is 0 Å². The first-order valence-electron chi connectivity index (χ1n) is 10.8. The summed E-state index contributed by atoms with van der Waals surface area (Å²) >= 11 is 0. The molecule has 0 radical (unpaired) electrons. The molecule has 0 amide bonds. The molecule has 0 aliphatic heterocycles. The molecule has 0 spiro atoms. The van der Waals surface area contributed by atoms with Crippen LogP contribution >= 0.6 is 0 Å². The van der Waals surface area contributed by atoms with Gasteiger partial charge in [-0.15, -0.1) is 0 Å². The second kappa shape index (κ2) is 18.9. The first-order chi connectivity index (χ1) is 13.1. The molecule has 0 saturated carbocycles. The number of rotatable bonds is 11. The van der Waals surface area contributed by atoms with Gasteiger partial charge in [-0.3, -0.25) is 9.59 Å². The number of aliphatic hydroxyl groups excluding tert-OH is 2. The van der Waals surface area contributed by atoms with E-state index in [-0.39, 0.29) is 6.61 Å². The minimum absolute atomic E-state index is 0.139. The van der Waals surface area contributed by atoms with Crippen LogP contribution < -0.4 is 0 Å². The highest BCUT2D eigenvalue weighted by atomic mass is 16.4. The predicted molar refractivity (Wildman–Crippen MR) is 119 cm³/mol. The van der Waals surface area contributed by atoms with Crippen LogP contribution in [0, 0.1) is 10.8 Å². The zero-order valence-electron chi connectivity index (χ0n) is 20.0. The van der Waals surface area contributed by atoms with Crippen molar-refractivity contribution in [3.8, 4) is 0 Å². The molecule has 0 fully saturated rings. The molecule has 0 aliphatic carbocycles. The molecule has 29 heavy (non-hydrogen) atoms. The van der Waals surface area contributed by atoms with Gasteiger partial charge in [-0.05, 0) is 43.4 Å². The molecule has 6 nitrogen and oxygen atoms in total. The van der Waals surface area contributed by atoms with Crippen LogP contribution in [-0.2, 0) is 9.59 Å². The van der Waals surface area contributed by atoms with Crippen molar-refractivity contribution in [1.29, 1.82) is 0 Å². The van der Waals surface area contributed by atoms with Crippen LogP contribution in [0.3, 0.4) is 0 Å². The molecular formula is C23H48O6. The Balaban J connectivity index is -0.000000380. The third kappa shape index (κ3) is 46.7. The lowest BCUT2D eigenvalue weighted by molar-refractivity contribution is -0.138. The highest BCUT2D eigenvalue weighted by Crippen LogP contribution is 2.22. The predicted octanol–water partition coefficient (Wildman–Crippen LogP) is 5.49. The summed E-state index contributed by atoms with van der Waals surface area (Å²) in [6.07, 6.45) is 8.50. The molecule has 1 unspecified atom stereocenters. The third-order valence-corrected chi connectivity index (χ3v) is 3.90. The summed E-state index contributed by atoms with van der Waals surface area (Å²) in [4.78, 5) is 20.3. The van der Waals surface area contributed by atoms with Gasteiger partial charge in [0.25, 0.3) is 0 Å². The molecule has 1 atom stereocenters. The molecule has 0 aliphatic rings. The first kappa shape index (κ1) is 32.5. The molecule has 176 valence electrons. The minimum Gasteiger partial charge on any atom is -0.481 e. The van der Waals surface area contributed by atoms with Crippen LogP contribution in [0.4, 0.5) is 0 Å². The molecule has 0 bridgehead atoms. The van der Waals surface area contributed by atoms with Crippen LogP contribution in [0.15, 0.2) is 0 Å². The molecule has 0 rings (SSSR count). The van der Waals surface area contributed by atoms with Crippen LogP contribution in [0.5, 0.6) is 0 Å². The van der Waals surface area contributed by atoms with Gasteiger partial charge in [-0.1, -0.05) is 67.2 Å². The van der Waals surface area contributed by atoms with E-state index in [2.05, 4.69) is 41.5 Å². The quantitative estimate of drug-likeness (QED) is 0.328. The summed E-state index contributed by atoms with van der Waals surface area (Å²) in [5, 5.41) is 32.7. The monoisotopic (exact) mass is 420 g/mol. The summed E-state index contributed by atoms with van der Waals surface area (Å²) < 4.78 is 0. The van der Waals surface area contributed by atoms with Crippen molar-refractivity contribution < 1.29 is 30.0 Å². The Hall–Kier alpha value is -1.14. The van der Waals surface area contributed by atoms with E-state index in [1.807, 2.05) is 0 Å². The van der Waals surface area contributed by atoms with Crippen molar-refractivity contribution in [2.45, 2.75) is 119 Å². The lowest BCUT2D eigenvalue weighted by atomic mass is 9.89. The Morgan fingerprint density at radius 1 is 0.690 bits per heavy atom. The largest absolute Gasteiger partial charge is 0.481 e. The Morgan fingerprint density at radius 3 is 1.14 bits per heavy atom. The van der Waals surface area contributed by atoms with Gasteiger partial charge in [-0.2, -0.15) is 0 Å². The maximum atomic E-state index is 10.2. The number of hydrogen-bond acceptors (Lipinski definition) is 4. The average Bonchev–Trinajstić information content (AvgIpc) is 2.52. The number of aliphatic carboxylic acids is 2. The Kier molecular flexibility index (Phi) is 21.2. The van der Waals surface area contributed by atoms with Gasteiger partial charge in [0.2, 0.25) is 0 Å². The van der Waals surface area contributed by atoms with Gasteiger partial charge in [0, 0.05) is 12.8 Å². The Morgan fingerprint density at radius 2 is 0.966 bits per heavy atom. The van der Waals surface area contributed by atoms with Crippen molar-refractivity contribution in [1.82, 2.24) is 0 Å². The van der Waals surface area contributed by atoms with Gasteiger partial charge in [0.15, 0.2) is 0 Å². The number of aliphatic hydroxyl groups is 2. The van der Waals surface area contributed by atoms with E-state index in [9.17, 15) is 9.59 Å². The van der Waals surface area contributed by atoms with Crippen molar-refractivity contribution in [2.24, 2.45) is 10.8 Å².